The maximum atomic E-state index is 12.7. The Labute approximate surface area is 114 Å². The van der Waals surface area contributed by atoms with Gasteiger partial charge in [0, 0.05) is 4.47 Å². The molecule has 0 spiro atoms. The molecule has 0 bridgehead atoms. The summed E-state index contributed by atoms with van der Waals surface area (Å²) in [6.45, 7) is 1.31. The molecular formula is C11H9BrF5NO. The molecule has 0 aromatic heterocycles. The van der Waals surface area contributed by atoms with Crippen molar-refractivity contribution in [3.8, 4) is 0 Å². The predicted molar refractivity (Wildman–Crippen MR) is 61.7 cm³/mol. The van der Waals surface area contributed by atoms with E-state index in [0.717, 1.165) is 4.47 Å². The quantitative estimate of drug-likeness (QED) is 0.829. The lowest BCUT2D eigenvalue weighted by atomic mass is 10.1. The van der Waals surface area contributed by atoms with Crippen molar-refractivity contribution in [2.24, 2.45) is 0 Å². The molecule has 1 unspecified atom stereocenters. The molecule has 1 aromatic carbocycles. The second kappa shape index (κ2) is 5.44. The van der Waals surface area contributed by atoms with Crippen LogP contribution in [0, 0.1) is 0 Å². The molecule has 1 aromatic rings. The van der Waals surface area contributed by atoms with Crippen molar-refractivity contribution in [1.82, 2.24) is 5.32 Å². The lowest BCUT2D eigenvalue weighted by molar-refractivity contribution is -0.270. The van der Waals surface area contributed by atoms with Crippen LogP contribution < -0.4 is 5.32 Å². The van der Waals surface area contributed by atoms with Crippen molar-refractivity contribution in [3.05, 3.63) is 34.3 Å². The summed E-state index contributed by atoms with van der Waals surface area (Å²) in [4.78, 5) is 11.0. The van der Waals surface area contributed by atoms with Crippen LogP contribution in [0.25, 0.3) is 0 Å². The van der Waals surface area contributed by atoms with E-state index in [1.54, 1.807) is 17.4 Å². The third-order valence-electron chi connectivity index (χ3n) is 2.36. The summed E-state index contributed by atoms with van der Waals surface area (Å²) in [5.74, 6) is -7.77. The first-order valence-electron chi connectivity index (χ1n) is 5.06. The van der Waals surface area contributed by atoms with Crippen molar-refractivity contribution in [2.45, 2.75) is 25.1 Å². The molecule has 0 radical (unpaired) electrons. The number of rotatable bonds is 3. The molecular weight excluding hydrogens is 337 g/mol. The first-order chi connectivity index (χ1) is 8.55. The first kappa shape index (κ1) is 15.9. The van der Waals surface area contributed by atoms with Crippen molar-refractivity contribution >= 4 is 21.8 Å². The second-order valence-electron chi connectivity index (χ2n) is 3.82. The van der Waals surface area contributed by atoms with Gasteiger partial charge in [0.1, 0.15) is 0 Å². The molecule has 8 heteroatoms. The highest BCUT2D eigenvalue weighted by molar-refractivity contribution is 9.10. The first-order valence-corrected chi connectivity index (χ1v) is 5.86. The van der Waals surface area contributed by atoms with Gasteiger partial charge in [-0.15, -0.1) is 0 Å². The zero-order chi connectivity index (χ0) is 14.8. The normalized spacial score (nSPS) is 14.1. The standard InChI is InChI=1S/C11H9BrF5NO/c1-6(7-2-4-8(12)5-3-7)18-9(19)10(13,14)11(15,16)17/h2-6H,1H3,(H,18,19). The van der Waals surface area contributed by atoms with E-state index < -0.39 is 24.0 Å². The minimum absolute atomic E-state index is 0.412. The van der Waals surface area contributed by atoms with Gasteiger partial charge in [-0.2, -0.15) is 22.0 Å². The molecule has 2 nitrogen and oxygen atoms in total. The van der Waals surface area contributed by atoms with Crippen LogP contribution in [0.3, 0.4) is 0 Å². The maximum Gasteiger partial charge on any atom is 0.463 e. The molecule has 0 fully saturated rings. The summed E-state index contributed by atoms with van der Waals surface area (Å²) in [7, 11) is 0. The van der Waals surface area contributed by atoms with E-state index in [1.807, 2.05) is 0 Å². The van der Waals surface area contributed by atoms with Gasteiger partial charge in [-0.3, -0.25) is 4.79 Å². The number of alkyl halides is 5. The van der Waals surface area contributed by atoms with Crippen LogP contribution in [0.1, 0.15) is 18.5 Å². The van der Waals surface area contributed by atoms with E-state index in [-0.39, 0.29) is 0 Å². The molecule has 0 aliphatic rings. The molecule has 0 aliphatic carbocycles. The van der Waals surface area contributed by atoms with Crippen LogP contribution in [0.4, 0.5) is 22.0 Å². The maximum absolute atomic E-state index is 12.7. The van der Waals surface area contributed by atoms with E-state index in [4.69, 9.17) is 0 Å². The molecule has 1 atom stereocenters. The fourth-order valence-electron chi connectivity index (χ4n) is 1.25. The number of hydrogen-bond acceptors (Lipinski definition) is 1. The van der Waals surface area contributed by atoms with Crippen molar-refractivity contribution in [3.63, 3.8) is 0 Å². The fraction of sp³-hybridized carbons (Fsp3) is 0.364. The minimum Gasteiger partial charge on any atom is -0.344 e. The lowest BCUT2D eigenvalue weighted by Crippen LogP contribution is -2.50. The summed E-state index contributed by atoms with van der Waals surface area (Å²) in [6.07, 6.45) is -5.91. The van der Waals surface area contributed by atoms with Crippen LogP contribution in [0.15, 0.2) is 28.7 Å². The number of nitrogens with one attached hydrogen (secondary N) is 1. The fourth-order valence-corrected chi connectivity index (χ4v) is 1.52. The van der Waals surface area contributed by atoms with E-state index in [9.17, 15) is 26.7 Å². The van der Waals surface area contributed by atoms with Gasteiger partial charge in [0.15, 0.2) is 0 Å². The molecule has 0 aliphatic heterocycles. The number of benzene rings is 1. The Balaban J connectivity index is 2.80. The average Bonchev–Trinajstić information content (AvgIpc) is 2.28. The third-order valence-corrected chi connectivity index (χ3v) is 2.89. The predicted octanol–water partition coefficient (Wildman–Crippen LogP) is 3.82. The van der Waals surface area contributed by atoms with Gasteiger partial charge >= 0.3 is 18.0 Å². The molecule has 0 heterocycles. The smallest absolute Gasteiger partial charge is 0.344 e. The number of hydrogen-bond donors (Lipinski definition) is 1. The third kappa shape index (κ3) is 3.65. The largest absolute Gasteiger partial charge is 0.463 e. The van der Waals surface area contributed by atoms with Gasteiger partial charge in [-0.1, -0.05) is 28.1 Å². The van der Waals surface area contributed by atoms with E-state index in [0.29, 0.717) is 5.56 Å². The summed E-state index contributed by atoms with van der Waals surface area (Å²) in [5, 5.41) is 1.64. The van der Waals surface area contributed by atoms with Crippen LogP contribution in [0.5, 0.6) is 0 Å². The summed E-state index contributed by atoms with van der Waals surface area (Å²) >= 11 is 3.15. The van der Waals surface area contributed by atoms with Crippen molar-refractivity contribution in [2.75, 3.05) is 0 Å². The highest BCUT2D eigenvalue weighted by atomic mass is 79.9. The molecule has 1 amide bonds. The average molecular weight is 346 g/mol. The van der Waals surface area contributed by atoms with Crippen molar-refractivity contribution < 1.29 is 26.7 Å². The number of carbonyl (C=O) groups excluding carboxylic acids is 1. The van der Waals surface area contributed by atoms with Crippen molar-refractivity contribution in [1.29, 1.82) is 0 Å². The summed E-state index contributed by atoms with van der Waals surface area (Å²) in [5.41, 5.74) is 0.412. The summed E-state index contributed by atoms with van der Waals surface area (Å²) in [6, 6.07) is 5.20. The van der Waals surface area contributed by atoms with Crippen LogP contribution >= 0.6 is 15.9 Å². The monoisotopic (exact) mass is 345 g/mol. The zero-order valence-electron chi connectivity index (χ0n) is 9.56. The Bertz CT molecular complexity index is 457. The van der Waals surface area contributed by atoms with Gasteiger partial charge in [-0.25, -0.2) is 0 Å². The molecule has 0 saturated carbocycles. The van der Waals surface area contributed by atoms with Crippen LogP contribution in [-0.2, 0) is 4.79 Å². The number of carbonyl (C=O) groups is 1. The van der Waals surface area contributed by atoms with Gasteiger partial charge in [0.2, 0.25) is 0 Å². The summed E-state index contributed by atoms with van der Waals surface area (Å²) < 4.78 is 62.1. The second-order valence-corrected chi connectivity index (χ2v) is 4.73. The molecule has 1 rings (SSSR count). The SMILES string of the molecule is CC(NC(=O)C(F)(F)C(F)(F)F)c1ccc(Br)cc1. The van der Waals surface area contributed by atoms with Gasteiger partial charge in [0.25, 0.3) is 0 Å². The highest BCUT2D eigenvalue weighted by Crippen LogP contribution is 2.36. The zero-order valence-corrected chi connectivity index (χ0v) is 11.1. The molecule has 1 N–H and O–H groups in total. The van der Waals surface area contributed by atoms with E-state index in [1.165, 1.54) is 19.1 Å². The number of amides is 1. The molecule has 19 heavy (non-hydrogen) atoms. The Morgan fingerprint density at radius 3 is 2.05 bits per heavy atom. The van der Waals surface area contributed by atoms with Crippen LogP contribution in [-0.4, -0.2) is 18.0 Å². The Kier molecular flexibility index (Phi) is 4.54. The molecule has 106 valence electrons. The number of halogens is 6. The van der Waals surface area contributed by atoms with E-state index in [2.05, 4.69) is 15.9 Å². The Morgan fingerprint density at radius 2 is 1.63 bits per heavy atom. The molecule has 0 saturated heterocycles. The van der Waals surface area contributed by atoms with Gasteiger partial charge in [0.05, 0.1) is 6.04 Å². The van der Waals surface area contributed by atoms with E-state index >= 15 is 0 Å². The van der Waals surface area contributed by atoms with Gasteiger partial charge in [-0.05, 0) is 24.6 Å². The highest BCUT2D eigenvalue weighted by Gasteiger charge is 2.63. The van der Waals surface area contributed by atoms with Crippen LogP contribution in [0.2, 0.25) is 0 Å². The Morgan fingerprint density at radius 1 is 1.16 bits per heavy atom. The minimum atomic E-state index is -5.91. The lowest BCUT2D eigenvalue weighted by Gasteiger charge is -2.21. The Hall–Kier alpha value is -1.18. The topological polar surface area (TPSA) is 29.1 Å². The van der Waals surface area contributed by atoms with Gasteiger partial charge < -0.3 is 5.32 Å².